The van der Waals surface area contributed by atoms with Gasteiger partial charge in [-0.2, -0.15) is 0 Å². The Bertz CT molecular complexity index is 736. The zero-order chi connectivity index (χ0) is 18.9. The van der Waals surface area contributed by atoms with Crippen molar-refractivity contribution in [1.29, 1.82) is 0 Å². The molecule has 4 atom stereocenters. The minimum absolute atomic E-state index is 0.408. The molecule has 0 heterocycles. The van der Waals surface area contributed by atoms with Crippen molar-refractivity contribution in [1.82, 2.24) is 0 Å². The monoisotopic (exact) mass is 356 g/mol. The molecule has 136 valence electrons. The van der Waals surface area contributed by atoms with E-state index in [-0.39, 0.29) is 0 Å². The Morgan fingerprint density at radius 1 is 0.692 bits per heavy atom. The number of benzene rings is 2. The average molecular weight is 356 g/mol. The second-order valence-electron chi connectivity index (χ2n) is 6.79. The molecule has 0 radical (unpaired) electrons. The lowest BCUT2D eigenvalue weighted by molar-refractivity contribution is -0.186. The maximum Gasteiger partial charge on any atom is 0.336 e. The zero-order valence-corrected chi connectivity index (χ0v) is 13.9. The fourth-order valence-electron chi connectivity index (χ4n) is 3.88. The van der Waals surface area contributed by atoms with Crippen LogP contribution in [0.3, 0.4) is 0 Å². The molecule has 4 unspecified atom stereocenters. The quantitative estimate of drug-likeness (QED) is 0.666. The lowest BCUT2D eigenvalue weighted by Gasteiger charge is -2.47. The molecule has 6 nitrogen and oxygen atoms in total. The predicted octanol–water partition coefficient (Wildman–Crippen LogP) is 1.98. The van der Waals surface area contributed by atoms with Crippen LogP contribution in [-0.4, -0.2) is 43.6 Å². The molecule has 2 aromatic carbocycles. The molecule has 0 amide bonds. The first-order valence-electron chi connectivity index (χ1n) is 8.30. The highest BCUT2D eigenvalue weighted by atomic mass is 16.4. The van der Waals surface area contributed by atoms with E-state index in [0.29, 0.717) is 11.1 Å². The molecule has 1 saturated carbocycles. The highest BCUT2D eigenvalue weighted by molar-refractivity contribution is 5.83. The van der Waals surface area contributed by atoms with Crippen molar-refractivity contribution in [2.45, 2.75) is 35.9 Å². The predicted molar refractivity (Wildman–Crippen MR) is 92.8 cm³/mol. The summed E-state index contributed by atoms with van der Waals surface area (Å²) in [5, 5.41) is 41.5. The van der Waals surface area contributed by atoms with E-state index < -0.39 is 47.8 Å². The Morgan fingerprint density at radius 3 is 1.27 bits per heavy atom. The van der Waals surface area contributed by atoms with Gasteiger partial charge < -0.3 is 20.4 Å². The van der Waals surface area contributed by atoms with E-state index >= 15 is 0 Å². The van der Waals surface area contributed by atoms with E-state index in [1.807, 2.05) is 0 Å². The van der Waals surface area contributed by atoms with Crippen LogP contribution in [0.5, 0.6) is 0 Å². The third-order valence-corrected chi connectivity index (χ3v) is 5.33. The number of aliphatic carboxylic acids is 2. The van der Waals surface area contributed by atoms with E-state index in [4.69, 9.17) is 0 Å². The molecule has 1 aliphatic carbocycles. The van der Waals surface area contributed by atoms with Crippen LogP contribution < -0.4 is 0 Å². The lowest BCUT2D eigenvalue weighted by Crippen LogP contribution is -2.59. The Balaban J connectivity index is 2.13. The summed E-state index contributed by atoms with van der Waals surface area (Å²) in [6.45, 7) is 0. The van der Waals surface area contributed by atoms with Gasteiger partial charge >= 0.3 is 11.9 Å². The van der Waals surface area contributed by atoms with Gasteiger partial charge in [-0.1, -0.05) is 60.7 Å². The van der Waals surface area contributed by atoms with Crippen molar-refractivity contribution in [3.63, 3.8) is 0 Å². The summed E-state index contributed by atoms with van der Waals surface area (Å²) in [7, 11) is 0. The molecular formula is C20H20O6. The van der Waals surface area contributed by atoms with Crippen molar-refractivity contribution in [3.8, 4) is 0 Å². The van der Waals surface area contributed by atoms with Gasteiger partial charge in [0, 0.05) is 11.8 Å². The second kappa shape index (κ2) is 6.55. The van der Waals surface area contributed by atoms with Crippen LogP contribution in [0.15, 0.2) is 60.7 Å². The van der Waals surface area contributed by atoms with Crippen LogP contribution in [0.4, 0.5) is 0 Å². The highest BCUT2D eigenvalue weighted by Crippen LogP contribution is 2.52. The van der Waals surface area contributed by atoms with Crippen LogP contribution in [0.25, 0.3) is 0 Å². The first-order chi connectivity index (χ1) is 12.3. The first-order valence-corrected chi connectivity index (χ1v) is 8.30. The summed E-state index contributed by atoms with van der Waals surface area (Å²) in [5.74, 6) is -4.97. The van der Waals surface area contributed by atoms with Crippen LogP contribution in [0.1, 0.15) is 35.8 Å². The maximum atomic E-state index is 11.9. The van der Waals surface area contributed by atoms with Gasteiger partial charge in [-0.3, -0.25) is 0 Å². The van der Waals surface area contributed by atoms with Crippen LogP contribution in [0, 0.1) is 0 Å². The van der Waals surface area contributed by atoms with Gasteiger partial charge in [0.15, 0.2) is 11.2 Å². The Labute approximate surface area is 150 Å². The molecule has 0 aliphatic heterocycles. The minimum Gasteiger partial charge on any atom is -0.479 e. The highest BCUT2D eigenvalue weighted by Gasteiger charge is 2.60. The van der Waals surface area contributed by atoms with E-state index in [1.54, 1.807) is 60.7 Å². The van der Waals surface area contributed by atoms with Gasteiger partial charge in [0.1, 0.15) is 0 Å². The molecular weight excluding hydrogens is 336 g/mol. The van der Waals surface area contributed by atoms with Crippen molar-refractivity contribution in [2.24, 2.45) is 0 Å². The van der Waals surface area contributed by atoms with E-state index in [1.165, 1.54) is 0 Å². The smallest absolute Gasteiger partial charge is 0.336 e. The van der Waals surface area contributed by atoms with E-state index in [9.17, 15) is 30.0 Å². The summed E-state index contributed by atoms with van der Waals surface area (Å²) in [4.78, 5) is 23.9. The van der Waals surface area contributed by atoms with Crippen LogP contribution in [-0.2, 0) is 9.59 Å². The summed E-state index contributed by atoms with van der Waals surface area (Å²) in [6.07, 6.45) is -0.816. The number of carboxylic acid groups (broad SMARTS) is 2. The Kier molecular flexibility index (Phi) is 4.56. The fourth-order valence-corrected chi connectivity index (χ4v) is 3.88. The normalized spacial score (nSPS) is 31.3. The van der Waals surface area contributed by atoms with E-state index in [0.717, 1.165) is 0 Å². The minimum atomic E-state index is -2.19. The van der Waals surface area contributed by atoms with Gasteiger partial charge in [0.05, 0.1) is 0 Å². The molecule has 0 bridgehead atoms. The van der Waals surface area contributed by atoms with Crippen molar-refractivity contribution < 1.29 is 30.0 Å². The molecule has 6 heteroatoms. The summed E-state index contributed by atoms with van der Waals surface area (Å²) < 4.78 is 0. The standard InChI is InChI=1S/C20H20O6/c21-17(22)19(25)12-16(14-9-5-2-6-10-14)20(26,18(23)24)11-15(19)13-7-3-1-4-8-13/h1-10,15-16,25-26H,11-12H2,(H,21,22)(H,23,24). The molecule has 4 N–H and O–H groups in total. The number of rotatable bonds is 4. The van der Waals surface area contributed by atoms with Crippen molar-refractivity contribution in [2.75, 3.05) is 0 Å². The molecule has 0 saturated heterocycles. The fraction of sp³-hybridized carbons (Fsp3) is 0.300. The number of hydrogen-bond acceptors (Lipinski definition) is 4. The number of aliphatic hydroxyl groups is 2. The third kappa shape index (κ3) is 2.87. The van der Waals surface area contributed by atoms with Gasteiger partial charge in [0.25, 0.3) is 0 Å². The summed E-state index contributed by atoms with van der Waals surface area (Å²) in [5.41, 5.74) is -3.43. The molecule has 1 fully saturated rings. The Hall–Kier alpha value is -2.70. The summed E-state index contributed by atoms with van der Waals surface area (Å²) >= 11 is 0. The molecule has 26 heavy (non-hydrogen) atoms. The first kappa shape index (κ1) is 18.1. The third-order valence-electron chi connectivity index (χ3n) is 5.33. The number of carbonyl (C=O) groups is 2. The molecule has 3 rings (SSSR count). The van der Waals surface area contributed by atoms with Gasteiger partial charge in [-0.05, 0) is 24.0 Å². The lowest BCUT2D eigenvalue weighted by atomic mass is 9.60. The van der Waals surface area contributed by atoms with Crippen molar-refractivity contribution >= 4 is 11.9 Å². The molecule has 2 aromatic rings. The van der Waals surface area contributed by atoms with Gasteiger partial charge in [0.2, 0.25) is 0 Å². The maximum absolute atomic E-state index is 11.9. The van der Waals surface area contributed by atoms with Gasteiger partial charge in [-0.15, -0.1) is 0 Å². The van der Waals surface area contributed by atoms with E-state index in [2.05, 4.69) is 0 Å². The summed E-state index contributed by atoms with van der Waals surface area (Å²) in [6, 6.07) is 16.7. The van der Waals surface area contributed by atoms with Crippen LogP contribution in [0.2, 0.25) is 0 Å². The molecule has 1 aliphatic rings. The largest absolute Gasteiger partial charge is 0.479 e. The zero-order valence-electron chi connectivity index (χ0n) is 13.9. The second-order valence-corrected chi connectivity index (χ2v) is 6.79. The van der Waals surface area contributed by atoms with Crippen LogP contribution >= 0.6 is 0 Å². The molecule has 0 spiro atoms. The molecule has 0 aromatic heterocycles. The number of carboxylic acids is 2. The Morgan fingerprint density at radius 2 is 1.00 bits per heavy atom. The topological polar surface area (TPSA) is 115 Å². The number of hydrogen-bond donors (Lipinski definition) is 4. The van der Waals surface area contributed by atoms with Gasteiger partial charge in [-0.25, -0.2) is 9.59 Å². The average Bonchev–Trinajstić information content (AvgIpc) is 2.64. The SMILES string of the molecule is O=C(O)C1(O)CC(c2ccccc2)C(O)(C(=O)O)CC1c1ccccc1. The van der Waals surface area contributed by atoms with Crippen molar-refractivity contribution in [3.05, 3.63) is 71.8 Å².